The Kier molecular flexibility index (Phi) is 7.86. The van der Waals surface area contributed by atoms with Gasteiger partial charge in [0.05, 0.1) is 18.1 Å². The van der Waals surface area contributed by atoms with Crippen molar-refractivity contribution in [1.82, 2.24) is 5.32 Å². The van der Waals surface area contributed by atoms with Gasteiger partial charge in [0.1, 0.15) is 0 Å². The molecule has 1 unspecified atom stereocenters. The maximum absolute atomic E-state index is 14.0. The van der Waals surface area contributed by atoms with Crippen molar-refractivity contribution in [3.05, 3.63) is 41.7 Å². The molecule has 31 heavy (non-hydrogen) atoms. The number of rotatable bonds is 11. The molecule has 170 valence electrons. The number of amides is 2. The van der Waals surface area contributed by atoms with E-state index in [1.165, 1.54) is 6.07 Å². The number of nitrogens with one attached hydrogen (secondary N) is 1. The molecule has 0 radical (unpaired) electrons. The number of imide groups is 1. The smallest absolute Gasteiger partial charge is 0.229 e. The molecular formula is C23H30FNO5S. The van der Waals surface area contributed by atoms with Crippen LogP contribution in [-0.2, 0) is 19.4 Å². The molecule has 1 aliphatic heterocycles. The van der Waals surface area contributed by atoms with Gasteiger partial charge in [0.25, 0.3) is 0 Å². The Morgan fingerprint density at radius 3 is 2.71 bits per heavy atom. The van der Waals surface area contributed by atoms with Gasteiger partial charge in [-0.2, -0.15) is 0 Å². The number of hydrogen-bond donors (Lipinski definition) is 1. The molecule has 0 aromatic heterocycles. The maximum atomic E-state index is 14.0. The fraction of sp³-hybridized carbons (Fsp3) is 0.565. The second-order valence-corrected chi connectivity index (χ2v) is 10.8. The first-order valence-corrected chi connectivity index (χ1v) is 12.7. The van der Waals surface area contributed by atoms with Gasteiger partial charge in [-0.3, -0.25) is 14.9 Å². The van der Waals surface area contributed by atoms with Crippen LogP contribution in [0.1, 0.15) is 56.9 Å². The summed E-state index contributed by atoms with van der Waals surface area (Å²) < 4.78 is 44.5. The minimum atomic E-state index is -3.30. The molecule has 1 aromatic carbocycles. The van der Waals surface area contributed by atoms with Crippen LogP contribution in [0.4, 0.5) is 4.39 Å². The quantitative estimate of drug-likeness (QED) is 0.411. The molecule has 0 spiro atoms. The van der Waals surface area contributed by atoms with Crippen molar-refractivity contribution in [2.24, 2.45) is 11.8 Å². The SMILES string of the molecule is C[C@@H](CS(=O)(=O)CC/C=C\CC1CCC(=O)NC1=O)c1ccc(F)c(OCC2CC2)c1. The Hall–Kier alpha value is -2.22. The molecule has 8 heteroatoms. The van der Waals surface area contributed by atoms with E-state index in [0.717, 1.165) is 18.4 Å². The summed E-state index contributed by atoms with van der Waals surface area (Å²) in [6.07, 6.45) is 7.52. The molecule has 1 saturated carbocycles. The summed E-state index contributed by atoms with van der Waals surface area (Å²) in [7, 11) is -3.30. The highest BCUT2D eigenvalue weighted by Crippen LogP contribution is 2.31. The van der Waals surface area contributed by atoms with E-state index in [0.29, 0.717) is 38.2 Å². The van der Waals surface area contributed by atoms with Crippen LogP contribution in [0.3, 0.4) is 0 Å². The van der Waals surface area contributed by atoms with Crippen molar-refractivity contribution in [2.45, 2.75) is 51.4 Å². The molecule has 3 rings (SSSR count). The van der Waals surface area contributed by atoms with Gasteiger partial charge in [0, 0.05) is 12.3 Å². The van der Waals surface area contributed by atoms with Crippen LogP contribution >= 0.6 is 0 Å². The zero-order valence-electron chi connectivity index (χ0n) is 17.8. The molecule has 2 amide bonds. The van der Waals surface area contributed by atoms with E-state index >= 15 is 0 Å². The molecule has 6 nitrogen and oxygen atoms in total. The Balaban J connectivity index is 1.45. The zero-order valence-corrected chi connectivity index (χ0v) is 18.6. The van der Waals surface area contributed by atoms with Crippen LogP contribution in [0.2, 0.25) is 0 Å². The summed E-state index contributed by atoms with van der Waals surface area (Å²) >= 11 is 0. The lowest BCUT2D eigenvalue weighted by atomic mass is 9.95. The van der Waals surface area contributed by atoms with Crippen LogP contribution in [0.15, 0.2) is 30.4 Å². The topological polar surface area (TPSA) is 89.5 Å². The normalized spacial score (nSPS) is 20.6. The number of hydrogen-bond acceptors (Lipinski definition) is 5. The molecule has 2 atom stereocenters. The summed E-state index contributed by atoms with van der Waals surface area (Å²) in [5.74, 6) is -0.775. The third-order valence-corrected chi connectivity index (χ3v) is 7.60. The highest BCUT2D eigenvalue weighted by Gasteiger charge is 2.25. The molecule has 0 bridgehead atoms. The monoisotopic (exact) mass is 451 g/mol. The van der Waals surface area contributed by atoms with E-state index in [1.54, 1.807) is 18.2 Å². The molecular weight excluding hydrogens is 421 g/mol. The van der Waals surface area contributed by atoms with E-state index < -0.39 is 15.7 Å². The van der Waals surface area contributed by atoms with Crippen molar-refractivity contribution in [1.29, 1.82) is 0 Å². The standard InChI is InChI=1S/C23H30FNO5S/c1-16(19-8-10-20(24)21(13-19)30-14-17-6-7-17)15-31(28,29)12-4-2-3-5-18-9-11-22(26)25-23(18)27/h2-3,8,10,13,16-18H,4-7,9,11-12,14-15H2,1H3,(H,25,26,27)/b3-2-/t16-,18?/m0/s1. The number of carbonyl (C=O) groups is 2. The van der Waals surface area contributed by atoms with Gasteiger partial charge in [-0.15, -0.1) is 0 Å². The average Bonchev–Trinajstić information content (AvgIpc) is 3.52. The summed E-state index contributed by atoms with van der Waals surface area (Å²) in [6.45, 7) is 2.31. The highest BCUT2D eigenvalue weighted by molar-refractivity contribution is 7.91. The van der Waals surface area contributed by atoms with Gasteiger partial charge < -0.3 is 4.74 Å². The fourth-order valence-electron chi connectivity index (χ4n) is 3.58. The van der Waals surface area contributed by atoms with Crippen LogP contribution in [0, 0.1) is 17.7 Å². The number of piperidine rings is 1. The van der Waals surface area contributed by atoms with E-state index in [1.807, 2.05) is 13.0 Å². The second kappa shape index (κ2) is 10.4. The third kappa shape index (κ3) is 7.45. The van der Waals surface area contributed by atoms with Gasteiger partial charge in [-0.25, -0.2) is 12.8 Å². The lowest BCUT2D eigenvalue weighted by molar-refractivity contribution is -0.136. The minimum Gasteiger partial charge on any atom is -0.490 e. The first-order valence-electron chi connectivity index (χ1n) is 10.8. The number of benzene rings is 1. The molecule has 2 aliphatic rings. The van der Waals surface area contributed by atoms with Crippen LogP contribution in [0.25, 0.3) is 0 Å². The van der Waals surface area contributed by atoms with Gasteiger partial charge in [-0.1, -0.05) is 25.1 Å². The highest BCUT2D eigenvalue weighted by atomic mass is 32.2. The van der Waals surface area contributed by atoms with Crippen molar-refractivity contribution in [3.63, 3.8) is 0 Å². The minimum absolute atomic E-state index is 0.00935. The fourth-order valence-corrected chi connectivity index (χ4v) is 5.20. The average molecular weight is 452 g/mol. The predicted octanol–water partition coefficient (Wildman–Crippen LogP) is 3.52. The number of sulfone groups is 1. The van der Waals surface area contributed by atoms with Crippen molar-refractivity contribution < 1.29 is 27.1 Å². The number of carbonyl (C=O) groups excluding carboxylic acids is 2. The zero-order chi connectivity index (χ0) is 22.4. The Morgan fingerprint density at radius 1 is 1.23 bits per heavy atom. The molecule has 2 fully saturated rings. The van der Waals surface area contributed by atoms with Crippen molar-refractivity contribution in [2.75, 3.05) is 18.1 Å². The lowest BCUT2D eigenvalue weighted by Gasteiger charge is -2.19. The number of allylic oxidation sites excluding steroid dienone is 2. The molecule has 1 heterocycles. The summed E-state index contributed by atoms with van der Waals surface area (Å²) in [4.78, 5) is 22.9. The Labute approximate surface area is 183 Å². The lowest BCUT2D eigenvalue weighted by Crippen LogP contribution is -2.40. The first-order chi connectivity index (χ1) is 14.7. The molecule has 1 saturated heterocycles. The molecule has 1 aliphatic carbocycles. The van der Waals surface area contributed by atoms with Crippen LogP contribution in [-0.4, -0.2) is 38.3 Å². The number of ether oxygens (including phenoxy) is 1. The van der Waals surface area contributed by atoms with Crippen LogP contribution < -0.4 is 10.1 Å². The Bertz CT molecular complexity index is 939. The summed E-state index contributed by atoms with van der Waals surface area (Å²) in [5.41, 5.74) is 0.740. The predicted molar refractivity (Wildman–Crippen MR) is 116 cm³/mol. The van der Waals surface area contributed by atoms with E-state index in [9.17, 15) is 22.4 Å². The second-order valence-electron chi connectivity index (χ2n) is 8.60. The van der Waals surface area contributed by atoms with Crippen molar-refractivity contribution >= 4 is 21.7 Å². The van der Waals surface area contributed by atoms with Crippen molar-refractivity contribution in [3.8, 4) is 5.75 Å². The number of halogens is 1. The van der Waals surface area contributed by atoms with Gasteiger partial charge in [-0.05, 0) is 61.6 Å². The molecule has 1 aromatic rings. The largest absolute Gasteiger partial charge is 0.490 e. The third-order valence-electron chi connectivity index (χ3n) is 5.74. The van der Waals surface area contributed by atoms with Crippen LogP contribution in [0.5, 0.6) is 5.75 Å². The summed E-state index contributed by atoms with van der Waals surface area (Å²) in [5, 5.41) is 2.32. The summed E-state index contributed by atoms with van der Waals surface area (Å²) in [6, 6.07) is 4.55. The van der Waals surface area contributed by atoms with Gasteiger partial charge >= 0.3 is 0 Å². The first kappa shape index (κ1) is 23.4. The Morgan fingerprint density at radius 2 is 2.00 bits per heavy atom. The van der Waals surface area contributed by atoms with E-state index in [2.05, 4.69) is 5.32 Å². The van der Waals surface area contributed by atoms with E-state index in [4.69, 9.17) is 4.74 Å². The van der Waals surface area contributed by atoms with Gasteiger partial charge in [0.15, 0.2) is 21.4 Å². The molecule has 1 N–H and O–H groups in total. The van der Waals surface area contributed by atoms with Gasteiger partial charge in [0.2, 0.25) is 11.8 Å². The maximum Gasteiger partial charge on any atom is 0.229 e. The van der Waals surface area contributed by atoms with E-state index in [-0.39, 0.29) is 40.9 Å².